The van der Waals surface area contributed by atoms with Gasteiger partial charge in [-0.1, -0.05) is 34.5 Å². The monoisotopic (exact) mass is 370 g/mol. The van der Waals surface area contributed by atoms with Crippen LogP contribution in [0, 0.1) is 5.82 Å². The van der Waals surface area contributed by atoms with Gasteiger partial charge >= 0.3 is 0 Å². The van der Waals surface area contributed by atoms with Crippen molar-refractivity contribution in [2.75, 3.05) is 0 Å². The molecular formula is C15H13BrClFN2O. The van der Waals surface area contributed by atoms with Crippen LogP contribution in [0.1, 0.15) is 28.5 Å². The molecule has 0 unspecified atom stereocenters. The van der Waals surface area contributed by atoms with Gasteiger partial charge in [0.15, 0.2) is 0 Å². The van der Waals surface area contributed by atoms with Gasteiger partial charge in [0.05, 0.1) is 0 Å². The predicted octanol–water partition coefficient (Wildman–Crippen LogP) is 4.13. The van der Waals surface area contributed by atoms with E-state index in [-0.39, 0.29) is 23.4 Å². The molecule has 6 heteroatoms. The first-order valence-electron chi connectivity index (χ1n) is 6.38. The number of benzene rings is 1. The highest BCUT2D eigenvalue weighted by Gasteiger charge is 2.10. The molecule has 3 nitrogen and oxygen atoms in total. The summed E-state index contributed by atoms with van der Waals surface area (Å²) < 4.78 is 14.4. The third-order valence-corrected chi connectivity index (χ3v) is 3.61. The summed E-state index contributed by atoms with van der Waals surface area (Å²) in [6.45, 7) is 2.03. The molecule has 0 fully saturated rings. The first kappa shape index (κ1) is 15.9. The lowest BCUT2D eigenvalue weighted by Gasteiger charge is -2.08. The van der Waals surface area contributed by atoms with Gasteiger partial charge in [-0.15, -0.1) is 0 Å². The van der Waals surface area contributed by atoms with Gasteiger partial charge in [-0.2, -0.15) is 0 Å². The molecule has 1 amide bonds. The highest BCUT2D eigenvalue weighted by molar-refractivity contribution is 9.10. The minimum atomic E-state index is -0.361. The van der Waals surface area contributed by atoms with E-state index in [0.29, 0.717) is 17.5 Å². The number of pyridine rings is 1. The van der Waals surface area contributed by atoms with E-state index in [1.807, 2.05) is 6.92 Å². The second kappa shape index (κ2) is 7.00. The average molecular weight is 372 g/mol. The third-order valence-electron chi connectivity index (χ3n) is 2.92. The van der Waals surface area contributed by atoms with E-state index in [1.54, 1.807) is 18.2 Å². The molecule has 0 spiro atoms. The van der Waals surface area contributed by atoms with Gasteiger partial charge in [-0.3, -0.25) is 4.79 Å². The summed E-state index contributed by atoms with van der Waals surface area (Å²) in [5.41, 5.74) is 1.57. The number of carbonyl (C=O) groups is 1. The summed E-state index contributed by atoms with van der Waals surface area (Å²) in [7, 11) is 0. The molecule has 0 radical (unpaired) electrons. The van der Waals surface area contributed by atoms with Crippen molar-refractivity contribution in [3.63, 3.8) is 0 Å². The summed E-state index contributed by atoms with van der Waals surface area (Å²) in [6.07, 6.45) is 0.682. The fraction of sp³-hybridized carbons (Fsp3) is 0.200. The van der Waals surface area contributed by atoms with Gasteiger partial charge in [-0.25, -0.2) is 9.37 Å². The van der Waals surface area contributed by atoms with Crippen LogP contribution < -0.4 is 5.32 Å². The number of amides is 1. The molecule has 0 saturated carbocycles. The van der Waals surface area contributed by atoms with E-state index in [0.717, 1.165) is 10.2 Å². The van der Waals surface area contributed by atoms with Crippen LogP contribution in [0.25, 0.3) is 0 Å². The number of hydrogen-bond donors (Lipinski definition) is 1. The van der Waals surface area contributed by atoms with Crippen LogP contribution in [0.3, 0.4) is 0 Å². The van der Waals surface area contributed by atoms with Crippen molar-refractivity contribution in [2.45, 2.75) is 19.9 Å². The van der Waals surface area contributed by atoms with Crippen LogP contribution in [0.15, 0.2) is 34.8 Å². The van der Waals surface area contributed by atoms with Crippen molar-refractivity contribution >= 4 is 33.4 Å². The maximum absolute atomic E-state index is 13.6. The Bertz CT molecular complexity index is 679. The second-order valence-electron chi connectivity index (χ2n) is 4.44. The SMILES string of the molecule is CCc1cc(C(=O)NCc2cc(Br)ccc2F)cc(Cl)n1. The van der Waals surface area contributed by atoms with Crippen LogP contribution >= 0.6 is 27.5 Å². The number of nitrogens with zero attached hydrogens (tertiary/aromatic N) is 1. The Morgan fingerprint density at radius 2 is 2.14 bits per heavy atom. The average Bonchev–Trinajstić information content (AvgIpc) is 2.47. The Balaban J connectivity index is 2.11. The van der Waals surface area contributed by atoms with Crippen molar-refractivity contribution < 1.29 is 9.18 Å². The Labute approximate surface area is 135 Å². The van der Waals surface area contributed by atoms with Crippen molar-refractivity contribution in [1.29, 1.82) is 0 Å². The number of nitrogens with one attached hydrogen (secondary N) is 1. The predicted molar refractivity (Wildman–Crippen MR) is 83.9 cm³/mol. The smallest absolute Gasteiger partial charge is 0.251 e. The molecular weight excluding hydrogens is 359 g/mol. The van der Waals surface area contributed by atoms with E-state index in [2.05, 4.69) is 26.2 Å². The van der Waals surface area contributed by atoms with E-state index in [9.17, 15) is 9.18 Å². The Morgan fingerprint density at radius 1 is 1.38 bits per heavy atom. The summed E-state index contributed by atoms with van der Waals surface area (Å²) in [4.78, 5) is 16.2. The van der Waals surface area contributed by atoms with E-state index >= 15 is 0 Å². The van der Waals surface area contributed by atoms with E-state index in [1.165, 1.54) is 12.1 Å². The third kappa shape index (κ3) is 4.25. The zero-order valence-electron chi connectivity index (χ0n) is 11.3. The highest BCUT2D eigenvalue weighted by atomic mass is 79.9. The molecule has 1 aromatic heterocycles. The molecule has 0 saturated heterocycles. The highest BCUT2D eigenvalue weighted by Crippen LogP contribution is 2.16. The summed E-state index contributed by atoms with van der Waals surface area (Å²) >= 11 is 9.15. The molecule has 0 bridgehead atoms. The standard InChI is InChI=1S/C15H13BrClFN2O/c1-2-12-6-9(7-14(17)20-12)15(21)19-8-10-5-11(16)3-4-13(10)18/h3-7H,2,8H2,1H3,(H,19,21). The number of carbonyl (C=O) groups excluding carboxylic acids is 1. The Morgan fingerprint density at radius 3 is 2.86 bits per heavy atom. The van der Waals surface area contributed by atoms with Crippen LogP contribution in [0.2, 0.25) is 5.15 Å². The number of hydrogen-bond acceptors (Lipinski definition) is 2. The molecule has 0 aliphatic rings. The molecule has 1 aromatic carbocycles. The van der Waals surface area contributed by atoms with Gasteiger partial charge in [-0.05, 0) is 36.8 Å². The van der Waals surface area contributed by atoms with Gasteiger partial charge in [0, 0.05) is 27.8 Å². The zero-order valence-corrected chi connectivity index (χ0v) is 13.6. The summed E-state index contributed by atoms with van der Waals surface area (Å²) in [5.74, 6) is -0.672. The van der Waals surface area contributed by atoms with Crippen LogP contribution in [-0.4, -0.2) is 10.9 Å². The molecule has 2 rings (SSSR count). The summed E-state index contributed by atoms with van der Waals surface area (Å²) in [6, 6.07) is 7.76. The van der Waals surface area contributed by atoms with Gasteiger partial charge < -0.3 is 5.32 Å². The Kier molecular flexibility index (Phi) is 5.31. The molecule has 0 aliphatic heterocycles. The molecule has 2 aromatic rings. The van der Waals surface area contributed by atoms with E-state index in [4.69, 9.17) is 11.6 Å². The van der Waals surface area contributed by atoms with Crippen LogP contribution in [-0.2, 0) is 13.0 Å². The van der Waals surface area contributed by atoms with E-state index < -0.39 is 0 Å². The fourth-order valence-electron chi connectivity index (χ4n) is 1.82. The maximum atomic E-state index is 13.6. The number of rotatable bonds is 4. The van der Waals surface area contributed by atoms with Gasteiger partial charge in [0.25, 0.3) is 5.91 Å². The largest absolute Gasteiger partial charge is 0.348 e. The topological polar surface area (TPSA) is 42.0 Å². The molecule has 1 heterocycles. The summed E-state index contributed by atoms with van der Waals surface area (Å²) in [5, 5.41) is 2.95. The lowest BCUT2D eigenvalue weighted by Crippen LogP contribution is -2.23. The van der Waals surface area contributed by atoms with Gasteiger partial charge in [0.1, 0.15) is 11.0 Å². The minimum absolute atomic E-state index is 0.103. The van der Waals surface area contributed by atoms with Crippen LogP contribution in [0.4, 0.5) is 4.39 Å². The maximum Gasteiger partial charge on any atom is 0.251 e. The molecule has 0 aliphatic carbocycles. The van der Waals surface area contributed by atoms with Crippen molar-refractivity contribution in [1.82, 2.24) is 10.3 Å². The minimum Gasteiger partial charge on any atom is -0.348 e. The molecule has 0 atom stereocenters. The first-order valence-corrected chi connectivity index (χ1v) is 7.55. The second-order valence-corrected chi connectivity index (χ2v) is 5.74. The fourth-order valence-corrected chi connectivity index (χ4v) is 2.45. The number of halogens is 3. The normalized spacial score (nSPS) is 10.5. The first-order chi connectivity index (χ1) is 9.99. The Hall–Kier alpha value is -1.46. The number of aryl methyl sites for hydroxylation is 1. The van der Waals surface area contributed by atoms with Crippen molar-refractivity contribution in [3.8, 4) is 0 Å². The quantitative estimate of drug-likeness (QED) is 0.821. The van der Waals surface area contributed by atoms with Crippen LogP contribution in [0.5, 0.6) is 0 Å². The van der Waals surface area contributed by atoms with Crippen molar-refractivity contribution in [2.24, 2.45) is 0 Å². The lowest BCUT2D eigenvalue weighted by atomic mass is 10.1. The molecule has 110 valence electrons. The van der Waals surface area contributed by atoms with Gasteiger partial charge in [0.2, 0.25) is 0 Å². The molecule has 21 heavy (non-hydrogen) atoms. The molecule has 1 N–H and O–H groups in total. The number of aromatic nitrogens is 1. The lowest BCUT2D eigenvalue weighted by molar-refractivity contribution is 0.0950. The zero-order chi connectivity index (χ0) is 15.4. The van der Waals surface area contributed by atoms with Crippen molar-refractivity contribution in [3.05, 3.63) is 62.6 Å².